The summed E-state index contributed by atoms with van der Waals surface area (Å²) in [7, 11) is 0. The summed E-state index contributed by atoms with van der Waals surface area (Å²) in [5.74, 6) is 2.90. The lowest BCUT2D eigenvalue weighted by molar-refractivity contribution is -0.125. The predicted molar refractivity (Wildman–Crippen MR) is 104 cm³/mol. The van der Waals surface area contributed by atoms with Gasteiger partial charge in [-0.1, -0.05) is 18.2 Å². The number of anilines is 1. The Morgan fingerprint density at radius 3 is 2.71 bits per heavy atom. The molecule has 0 bridgehead atoms. The average molecular weight is 378 g/mol. The van der Waals surface area contributed by atoms with Gasteiger partial charge in [0, 0.05) is 25.1 Å². The largest absolute Gasteiger partial charge is 0.467 e. The number of hydrogen-bond acceptors (Lipinski definition) is 6. The van der Waals surface area contributed by atoms with Crippen LogP contribution in [-0.4, -0.2) is 29.0 Å². The van der Waals surface area contributed by atoms with Crippen molar-refractivity contribution in [1.82, 2.24) is 15.3 Å². The number of furan rings is 1. The third-order valence-electron chi connectivity index (χ3n) is 4.80. The number of benzene rings is 1. The highest BCUT2D eigenvalue weighted by molar-refractivity contribution is 5.78. The monoisotopic (exact) mass is 378 g/mol. The summed E-state index contributed by atoms with van der Waals surface area (Å²) in [6.07, 6.45) is 4.68. The van der Waals surface area contributed by atoms with E-state index < -0.39 is 0 Å². The number of para-hydroxylation sites is 1. The highest BCUT2D eigenvalue weighted by Gasteiger charge is 2.25. The quantitative estimate of drug-likeness (QED) is 0.708. The Bertz CT molecular complexity index is 891. The zero-order valence-corrected chi connectivity index (χ0v) is 15.5. The maximum absolute atomic E-state index is 12.4. The first-order valence-electron chi connectivity index (χ1n) is 9.38. The van der Waals surface area contributed by atoms with Gasteiger partial charge in [0.2, 0.25) is 11.8 Å². The zero-order chi connectivity index (χ0) is 19.2. The SMILES string of the molecule is O=C(NCc1ccco1)C1CCN(c2cc(Oc3ccccc3)ncn2)CC1. The van der Waals surface area contributed by atoms with Crippen LogP contribution in [0.1, 0.15) is 18.6 Å². The molecule has 0 radical (unpaired) electrons. The van der Waals surface area contributed by atoms with Crippen molar-refractivity contribution in [2.45, 2.75) is 19.4 Å². The van der Waals surface area contributed by atoms with Gasteiger partial charge in [0.05, 0.1) is 12.8 Å². The van der Waals surface area contributed by atoms with Crippen LogP contribution < -0.4 is 15.0 Å². The number of ether oxygens (including phenoxy) is 1. The van der Waals surface area contributed by atoms with E-state index in [2.05, 4.69) is 20.2 Å². The van der Waals surface area contributed by atoms with E-state index in [-0.39, 0.29) is 11.8 Å². The summed E-state index contributed by atoms with van der Waals surface area (Å²) >= 11 is 0. The number of nitrogens with zero attached hydrogens (tertiary/aromatic N) is 3. The second-order valence-corrected chi connectivity index (χ2v) is 6.69. The van der Waals surface area contributed by atoms with Crippen LogP contribution in [0.2, 0.25) is 0 Å². The molecule has 4 rings (SSSR count). The molecular weight excluding hydrogens is 356 g/mol. The molecule has 28 heavy (non-hydrogen) atoms. The van der Waals surface area contributed by atoms with E-state index in [1.807, 2.05) is 48.5 Å². The maximum atomic E-state index is 12.4. The third-order valence-corrected chi connectivity index (χ3v) is 4.80. The molecule has 0 spiro atoms. The molecule has 1 amide bonds. The second kappa shape index (κ2) is 8.56. The molecule has 1 fully saturated rings. The van der Waals surface area contributed by atoms with Crippen molar-refractivity contribution in [2.24, 2.45) is 5.92 Å². The summed E-state index contributed by atoms with van der Waals surface area (Å²) in [5, 5.41) is 2.95. The first-order valence-corrected chi connectivity index (χ1v) is 9.38. The Morgan fingerprint density at radius 1 is 1.14 bits per heavy atom. The van der Waals surface area contributed by atoms with Crippen molar-refractivity contribution >= 4 is 11.7 Å². The molecule has 144 valence electrons. The lowest BCUT2D eigenvalue weighted by Crippen LogP contribution is -2.40. The molecule has 0 unspecified atom stereocenters. The molecule has 7 heteroatoms. The maximum Gasteiger partial charge on any atom is 0.224 e. The van der Waals surface area contributed by atoms with Crippen molar-refractivity contribution in [2.75, 3.05) is 18.0 Å². The number of nitrogens with one attached hydrogen (secondary N) is 1. The van der Waals surface area contributed by atoms with Crippen LogP contribution in [-0.2, 0) is 11.3 Å². The first-order chi connectivity index (χ1) is 13.8. The van der Waals surface area contributed by atoms with Gasteiger partial charge in [0.25, 0.3) is 0 Å². The fourth-order valence-corrected chi connectivity index (χ4v) is 3.27. The third kappa shape index (κ3) is 4.49. The Kier molecular flexibility index (Phi) is 5.51. The molecular formula is C21H22N4O3. The second-order valence-electron chi connectivity index (χ2n) is 6.69. The van der Waals surface area contributed by atoms with E-state index in [9.17, 15) is 4.79 Å². The highest BCUT2D eigenvalue weighted by Crippen LogP contribution is 2.25. The molecule has 0 atom stereocenters. The molecule has 1 aliphatic heterocycles. The van der Waals surface area contributed by atoms with Gasteiger partial charge in [-0.3, -0.25) is 4.79 Å². The molecule has 3 aromatic rings. The van der Waals surface area contributed by atoms with Crippen molar-refractivity contribution in [3.05, 3.63) is 66.9 Å². The van der Waals surface area contributed by atoms with E-state index in [0.29, 0.717) is 12.4 Å². The van der Waals surface area contributed by atoms with Gasteiger partial charge in [-0.2, -0.15) is 0 Å². The summed E-state index contributed by atoms with van der Waals surface area (Å²) in [5.41, 5.74) is 0. The number of carbonyl (C=O) groups is 1. The number of hydrogen-bond donors (Lipinski definition) is 1. The van der Waals surface area contributed by atoms with Gasteiger partial charge in [-0.05, 0) is 37.1 Å². The Labute approximate surface area is 163 Å². The van der Waals surface area contributed by atoms with Gasteiger partial charge in [-0.15, -0.1) is 0 Å². The fraction of sp³-hybridized carbons (Fsp3) is 0.286. The number of amides is 1. The highest BCUT2D eigenvalue weighted by atomic mass is 16.5. The molecule has 0 aliphatic carbocycles. The Balaban J connectivity index is 1.31. The van der Waals surface area contributed by atoms with Crippen molar-refractivity contribution < 1.29 is 13.9 Å². The van der Waals surface area contributed by atoms with Crippen LogP contribution >= 0.6 is 0 Å². The van der Waals surface area contributed by atoms with E-state index in [4.69, 9.17) is 9.15 Å². The van der Waals surface area contributed by atoms with Crippen LogP contribution in [0.3, 0.4) is 0 Å². The Hall–Kier alpha value is -3.35. The molecule has 1 N–H and O–H groups in total. The van der Waals surface area contributed by atoms with Crippen molar-refractivity contribution in [3.63, 3.8) is 0 Å². The Morgan fingerprint density at radius 2 is 1.96 bits per heavy atom. The molecule has 2 aromatic heterocycles. The van der Waals surface area contributed by atoms with Crippen LogP contribution in [0.4, 0.5) is 5.82 Å². The van der Waals surface area contributed by atoms with Crippen LogP contribution in [0.25, 0.3) is 0 Å². The van der Waals surface area contributed by atoms with E-state index in [0.717, 1.165) is 43.3 Å². The lowest BCUT2D eigenvalue weighted by Gasteiger charge is -2.32. The number of rotatable bonds is 6. The summed E-state index contributed by atoms with van der Waals surface area (Å²) in [4.78, 5) is 23.1. The summed E-state index contributed by atoms with van der Waals surface area (Å²) in [6, 6.07) is 15.0. The normalized spacial score (nSPS) is 14.6. The van der Waals surface area contributed by atoms with Gasteiger partial charge in [-0.25, -0.2) is 9.97 Å². The zero-order valence-electron chi connectivity index (χ0n) is 15.5. The predicted octanol–water partition coefficient (Wildman–Crippen LogP) is 3.39. The minimum Gasteiger partial charge on any atom is -0.467 e. The molecule has 1 aliphatic rings. The smallest absolute Gasteiger partial charge is 0.224 e. The van der Waals surface area contributed by atoms with E-state index in [1.165, 1.54) is 6.33 Å². The van der Waals surface area contributed by atoms with Crippen LogP contribution in [0.15, 0.2) is 65.5 Å². The van der Waals surface area contributed by atoms with Crippen molar-refractivity contribution in [1.29, 1.82) is 0 Å². The van der Waals surface area contributed by atoms with Gasteiger partial charge >= 0.3 is 0 Å². The lowest BCUT2D eigenvalue weighted by atomic mass is 9.96. The number of aromatic nitrogens is 2. The van der Waals surface area contributed by atoms with Gasteiger partial charge < -0.3 is 19.4 Å². The molecule has 7 nitrogen and oxygen atoms in total. The van der Waals surface area contributed by atoms with Crippen LogP contribution in [0, 0.1) is 5.92 Å². The average Bonchev–Trinajstić information content (AvgIpc) is 3.27. The number of piperidine rings is 1. The number of carbonyl (C=O) groups excluding carboxylic acids is 1. The van der Waals surface area contributed by atoms with E-state index in [1.54, 1.807) is 6.26 Å². The summed E-state index contributed by atoms with van der Waals surface area (Å²) in [6.45, 7) is 1.96. The molecule has 1 saturated heterocycles. The minimum absolute atomic E-state index is 0.00749. The molecule has 3 heterocycles. The van der Waals surface area contributed by atoms with Crippen LogP contribution in [0.5, 0.6) is 11.6 Å². The summed E-state index contributed by atoms with van der Waals surface area (Å²) < 4.78 is 11.0. The fourth-order valence-electron chi connectivity index (χ4n) is 3.27. The van der Waals surface area contributed by atoms with Gasteiger partial charge in [0.15, 0.2) is 0 Å². The van der Waals surface area contributed by atoms with Crippen molar-refractivity contribution in [3.8, 4) is 11.6 Å². The van der Waals surface area contributed by atoms with Gasteiger partial charge in [0.1, 0.15) is 23.7 Å². The minimum atomic E-state index is 0.00749. The first kappa shape index (κ1) is 18.0. The van der Waals surface area contributed by atoms with E-state index >= 15 is 0 Å². The molecule has 1 aromatic carbocycles. The molecule has 0 saturated carbocycles. The topological polar surface area (TPSA) is 80.5 Å². The standard InChI is InChI=1S/C21H22N4O3/c26-21(22-14-18-7-4-12-27-18)16-8-10-25(11-9-16)19-13-20(24-15-23-19)28-17-5-2-1-3-6-17/h1-7,12-13,15-16H,8-11,14H2,(H,22,26).